The third-order valence-corrected chi connectivity index (χ3v) is 4.17. The summed E-state index contributed by atoms with van der Waals surface area (Å²) in [5.41, 5.74) is 2.06. The zero-order chi connectivity index (χ0) is 14.4. The molecule has 0 aliphatic heterocycles. The Balaban J connectivity index is 2.14. The Kier molecular flexibility index (Phi) is 5.19. The number of nitriles is 1. The standard InChI is InChI=1S/C15H18N4S/c1-3-4-11-20-15-18-17-14(19(15)2)13-7-5-12(6-8-13)9-10-16/h5-8H,3-4,9,11H2,1-2H3. The van der Waals surface area contributed by atoms with E-state index in [-0.39, 0.29) is 0 Å². The molecule has 0 bridgehead atoms. The summed E-state index contributed by atoms with van der Waals surface area (Å²) in [4.78, 5) is 0. The summed E-state index contributed by atoms with van der Waals surface area (Å²) in [5.74, 6) is 1.94. The van der Waals surface area contributed by atoms with Crippen molar-refractivity contribution in [3.63, 3.8) is 0 Å². The second-order valence-electron chi connectivity index (χ2n) is 4.60. The molecule has 20 heavy (non-hydrogen) atoms. The molecule has 0 fully saturated rings. The lowest BCUT2D eigenvalue weighted by molar-refractivity contribution is 0.790. The maximum Gasteiger partial charge on any atom is 0.191 e. The number of thioether (sulfide) groups is 1. The Morgan fingerprint density at radius 3 is 2.65 bits per heavy atom. The predicted molar refractivity (Wildman–Crippen MR) is 81.4 cm³/mol. The molecule has 2 aromatic rings. The maximum absolute atomic E-state index is 8.68. The molecule has 1 aromatic heterocycles. The number of unbranched alkanes of at least 4 members (excludes halogenated alkanes) is 1. The van der Waals surface area contributed by atoms with Gasteiger partial charge in [0.15, 0.2) is 11.0 Å². The van der Waals surface area contributed by atoms with E-state index in [0.717, 1.165) is 27.9 Å². The average molecular weight is 286 g/mol. The van der Waals surface area contributed by atoms with Crippen molar-refractivity contribution in [3.05, 3.63) is 29.8 Å². The van der Waals surface area contributed by atoms with Crippen molar-refractivity contribution >= 4 is 11.8 Å². The quantitative estimate of drug-likeness (QED) is 0.603. The zero-order valence-electron chi connectivity index (χ0n) is 11.8. The van der Waals surface area contributed by atoms with Gasteiger partial charge in [-0.25, -0.2) is 0 Å². The predicted octanol–water partition coefficient (Wildman–Crippen LogP) is 3.44. The summed E-state index contributed by atoms with van der Waals surface area (Å²) >= 11 is 1.74. The van der Waals surface area contributed by atoms with Crippen LogP contribution in [0.1, 0.15) is 25.3 Å². The van der Waals surface area contributed by atoms with Crippen LogP contribution in [0.4, 0.5) is 0 Å². The first-order valence-corrected chi connectivity index (χ1v) is 7.73. The molecule has 0 spiro atoms. The van der Waals surface area contributed by atoms with E-state index in [2.05, 4.69) is 23.2 Å². The van der Waals surface area contributed by atoms with Gasteiger partial charge in [-0.15, -0.1) is 10.2 Å². The van der Waals surface area contributed by atoms with Crippen molar-refractivity contribution < 1.29 is 0 Å². The van der Waals surface area contributed by atoms with Crippen molar-refractivity contribution in [1.29, 1.82) is 5.26 Å². The number of hydrogen-bond acceptors (Lipinski definition) is 4. The minimum atomic E-state index is 0.442. The van der Waals surface area contributed by atoms with Crippen LogP contribution in [-0.2, 0) is 13.5 Å². The van der Waals surface area contributed by atoms with Crippen molar-refractivity contribution in [2.75, 3.05) is 5.75 Å². The van der Waals surface area contributed by atoms with E-state index in [1.54, 1.807) is 11.8 Å². The minimum absolute atomic E-state index is 0.442. The lowest BCUT2D eigenvalue weighted by atomic mass is 10.1. The molecule has 0 saturated carbocycles. The van der Waals surface area contributed by atoms with Crippen molar-refractivity contribution in [1.82, 2.24) is 14.8 Å². The highest BCUT2D eigenvalue weighted by Gasteiger charge is 2.10. The van der Waals surface area contributed by atoms with Gasteiger partial charge in [0.05, 0.1) is 12.5 Å². The molecule has 0 atom stereocenters. The van der Waals surface area contributed by atoms with Crippen LogP contribution in [0, 0.1) is 11.3 Å². The monoisotopic (exact) mass is 286 g/mol. The van der Waals surface area contributed by atoms with Crippen LogP contribution in [0.15, 0.2) is 29.4 Å². The van der Waals surface area contributed by atoms with Crippen LogP contribution in [0.3, 0.4) is 0 Å². The topological polar surface area (TPSA) is 54.5 Å². The largest absolute Gasteiger partial charge is 0.305 e. The van der Waals surface area contributed by atoms with E-state index in [0.29, 0.717) is 6.42 Å². The SMILES string of the molecule is CCCCSc1nnc(-c2ccc(CC#N)cc2)n1C. The third kappa shape index (κ3) is 3.40. The summed E-state index contributed by atoms with van der Waals surface area (Å²) in [6.45, 7) is 2.19. The summed E-state index contributed by atoms with van der Waals surface area (Å²) in [6.07, 6.45) is 2.82. The highest BCUT2D eigenvalue weighted by Crippen LogP contribution is 2.23. The molecule has 0 unspecified atom stereocenters. The molecule has 1 heterocycles. The van der Waals surface area contributed by atoms with E-state index in [4.69, 9.17) is 5.26 Å². The van der Waals surface area contributed by atoms with Crippen molar-refractivity contribution in [3.8, 4) is 17.5 Å². The van der Waals surface area contributed by atoms with Gasteiger partial charge in [-0.3, -0.25) is 0 Å². The number of nitrogens with zero attached hydrogens (tertiary/aromatic N) is 4. The lowest BCUT2D eigenvalue weighted by Crippen LogP contribution is -1.95. The van der Waals surface area contributed by atoms with Crippen LogP contribution >= 0.6 is 11.8 Å². The number of rotatable bonds is 6. The third-order valence-electron chi connectivity index (χ3n) is 3.06. The molecule has 104 valence electrons. The Morgan fingerprint density at radius 1 is 1.25 bits per heavy atom. The number of benzene rings is 1. The smallest absolute Gasteiger partial charge is 0.191 e. The van der Waals surface area contributed by atoms with E-state index < -0.39 is 0 Å². The van der Waals surface area contributed by atoms with Crippen LogP contribution in [0.2, 0.25) is 0 Å². The van der Waals surface area contributed by atoms with E-state index in [1.165, 1.54) is 12.8 Å². The van der Waals surface area contributed by atoms with E-state index in [1.807, 2.05) is 35.9 Å². The first-order chi connectivity index (χ1) is 9.76. The van der Waals surface area contributed by atoms with Crippen molar-refractivity contribution in [2.45, 2.75) is 31.3 Å². The molecule has 5 heteroatoms. The fourth-order valence-corrected chi connectivity index (χ4v) is 2.86. The van der Waals surface area contributed by atoms with Gasteiger partial charge in [0, 0.05) is 18.4 Å². The number of hydrogen-bond donors (Lipinski definition) is 0. The first kappa shape index (κ1) is 14.6. The molecule has 0 radical (unpaired) electrons. The molecule has 4 nitrogen and oxygen atoms in total. The fourth-order valence-electron chi connectivity index (χ4n) is 1.86. The maximum atomic E-state index is 8.68. The Morgan fingerprint density at radius 2 is 2.00 bits per heavy atom. The van der Waals surface area contributed by atoms with Gasteiger partial charge in [-0.1, -0.05) is 49.4 Å². The van der Waals surface area contributed by atoms with E-state index in [9.17, 15) is 0 Å². The second kappa shape index (κ2) is 7.11. The molecule has 0 aliphatic carbocycles. The van der Waals surface area contributed by atoms with Crippen molar-refractivity contribution in [2.24, 2.45) is 7.05 Å². The minimum Gasteiger partial charge on any atom is -0.305 e. The number of aromatic nitrogens is 3. The molecule has 1 aromatic carbocycles. The summed E-state index contributed by atoms with van der Waals surface area (Å²) < 4.78 is 2.03. The zero-order valence-corrected chi connectivity index (χ0v) is 12.7. The van der Waals surface area contributed by atoms with Gasteiger partial charge < -0.3 is 4.57 Å². The highest BCUT2D eigenvalue weighted by atomic mass is 32.2. The van der Waals surface area contributed by atoms with Crippen LogP contribution in [0.5, 0.6) is 0 Å². The molecule has 0 saturated heterocycles. The van der Waals surface area contributed by atoms with Crippen LogP contribution < -0.4 is 0 Å². The molecule has 0 aliphatic rings. The second-order valence-corrected chi connectivity index (χ2v) is 5.66. The molecule has 0 N–H and O–H groups in total. The molecule has 0 amide bonds. The summed E-state index contributed by atoms with van der Waals surface area (Å²) in [7, 11) is 1.99. The lowest BCUT2D eigenvalue weighted by Gasteiger charge is -2.04. The summed E-state index contributed by atoms with van der Waals surface area (Å²) in [6, 6.07) is 10.1. The Bertz CT molecular complexity index is 595. The van der Waals surface area contributed by atoms with Crippen LogP contribution in [-0.4, -0.2) is 20.5 Å². The first-order valence-electron chi connectivity index (χ1n) is 6.74. The van der Waals surface area contributed by atoms with Crippen LogP contribution in [0.25, 0.3) is 11.4 Å². The van der Waals surface area contributed by atoms with Gasteiger partial charge in [0.2, 0.25) is 0 Å². The molecular weight excluding hydrogens is 268 g/mol. The van der Waals surface area contributed by atoms with Gasteiger partial charge in [-0.2, -0.15) is 5.26 Å². The highest BCUT2D eigenvalue weighted by molar-refractivity contribution is 7.99. The van der Waals surface area contributed by atoms with E-state index >= 15 is 0 Å². The molecular formula is C15H18N4S. The average Bonchev–Trinajstić information content (AvgIpc) is 2.82. The van der Waals surface area contributed by atoms with Gasteiger partial charge in [-0.05, 0) is 12.0 Å². The summed E-state index contributed by atoms with van der Waals surface area (Å²) in [5, 5.41) is 18.1. The fraction of sp³-hybridized carbons (Fsp3) is 0.400. The normalized spacial score (nSPS) is 10.4. The van der Waals surface area contributed by atoms with Gasteiger partial charge in [0.1, 0.15) is 0 Å². The van der Waals surface area contributed by atoms with Gasteiger partial charge >= 0.3 is 0 Å². The van der Waals surface area contributed by atoms with Gasteiger partial charge in [0.25, 0.3) is 0 Å². The Labute approximate surface area is 123 Å². The molecule has 2 rings (SSSR count). The Hall–Kier alpha value is -1.80.